The lowest BCUT2D eigenvalue weighted by Gasteiger charge is -2.18. The lowest BCUT2D eigenvalue weighted by molar-refractivity contribution is -0.384. The van der Waals surface area contributed by atoms with Gasteiger partial charge in [-0.1, -0.05) is 23.7 Å². The molecule has 9 heteroatoms. The average Bonchev–Trinajstić information content (AvgIpc) is 3.21. The minimum absolute atomic E-state index is 0.116. The first-order valence-corrected chi connectivity index (χ1v) is 10.6. The summed E-state index contributed by atoms with van der Waals surface area (Å²) in [5.74, 6) is -0.348. The topological polar surface area (TPSA) is 90.1 Å². The third-order valence-electron chi connectivity index (χ3n) is 4.42. The molecule has 0 fully saturated rings. The number of rotatable bonds is 9. The number of hydrogen-bond acceptors (Lipinski definition) is 5. The van der Waals surface area contributed by atoms with E-state index in [0.717, 1.165) is 24.3 Å². The summed E-state index contributed by atoms with van der Waals surface area (Å²) < 4.78 is 2.00. The van der Waals surface area contributed by atoms with Crippen LogP contribution in [-0.4, -0.2) is 25.6 Å². The zero-order chi connectivity index (χ0) is 21.5. The standard InChI is InChI=1S/C21H21ClN4O3S/c1-15(27)24-20-9-8-18(12-21(20)26(28)29)30-19(13-25-11-10-23-14-25)7-4-16-2-5-17(22)6-3-16/h2-3,5-6,8-12,14,19H,4,7,13H2,1H3,(H,24,27). The second-order valence-corrected chi connectivity index (χ2v) is 8.59. The number of nitro benzene ring substituents is 1. The molecular weight excluding hydrogens is 424 g/mol. The van der Waals surface area contributed by atoms with Crippen LogP contribution in [0.4, 0.5) is 11.4 Å². The van der Waals surface area contributed by atoms with Gasteiger partial charge in [0.15, 0.2) is 0 Å². The first-order valence-electron chi connectivity index (χ1n) is 9.33. The van der Waals surface area contributed by atoms with Gasteiger partial charge in [0.2, 0.25) is 5.91 Å². The van der Waals surface area contributed by atoms with Gasteiger partial charge in [0.1, 0.15) is 5.69 Å². The third kappa shape index (κ3) is 6.33. The first kappa shape index (κ1) is 21.9. The predicted octanol–water partition coefficient (Wildman–Crippen LogP) is 5.20. The molecule has 0 spiro atoms. The Hall–Kier alpha value is -2.84. The van der Waals surface area contributed by atoms with Crippen molar-refractivity contribution >= 4 is 40.6 Å². The fraction of sp³-hybridized carbons (Fsp3) is 0.238. The van der Waals surface area contributed by atoms with Crippen molar-refractivity contribution < 1.29 is 9.72 Å². The third-order valence-corrected chi connectivity index (χ3v) is 5.92. The van der Waals surface area contributed by atoms with Crippen LogP contribution >= 0.6 is 23.4 Å². The summed E-state index contributed by atoms with van der Waals surface area (Å²) in [4.78, 5) is 27.2. The van der Waals surface area contributed by atoms with Crippen molar-refractivity contribution in [2.24, 2.45) is 0 Å². The molecule has 0 aliphatic carbocycles. The normalized spacial score (nSPS) is 11.8. The largest absolute Gasteiger partial charge is 0.336 e. The smallest absolute Gasteiger partial charge is 0.293 e. The molecule has 1 unspecified atom stereocenters. The van der Waals surface area contributed by atoms with Crippen LogP contribution in [0.5, 0.6) is 0 Å². The highest BCUT2D eigenvalue weighted by molar-refractivity contribution is 8.00. The van der Waals surface area contributed by atoms with Crippen molar-refractivity contribution in [3.8, 4) is 0 Å². The highest BCUT2D eigenvalue weighted by atomic mass is 35.5. The van der Waals surface area contributed by atoms with E-state index in [-0.39, 0.29) is 22.5 Å². The number of thioether (sulfide) groups is 1. The molecular formula is C21H21ClN4O3S. The quantitative estimate of drug-likeness (QED) is 0.278. The van der Waals surface area contributed by atoms with E-state index >= 15 is 0 Å². The molecule has 30 heavy (non-hydrogen) atoms. The summed E-state index contributed by atoms with van der Waals surface area (Å²) in [7, 11) is 0. The lowest BCUT2D eigenvalue weighted by atomic mass is 10.1. The minimum Gasteiger partial charge on any atom is -0.336 e. The number of amides is 1. The number of hydrogen-bond donors (Lipinski definition) is 1. The van der Waals surface area contributed by atoms with E-state index < -0.39 is 4.92 Å². The van der Waals surface area contributed by atoms with Gasteiger partial charge in [0, 0.05) is 47.1 Å². The van der Waals surface area contributed by atoms with E-state index in [0.29, 0.717) is 5.02 Å². The Balaban J connectivity index is 1.77. The Morgan fingerprint density at radius 2 is 2.07 bits per heavy atom. The molecule has 1 heterocycles. The summed E-state index contributed by atoms with van der Waals surface area (Å²) in [6.07, 6.45) is 7.12. The van der Waals surface area contributed by atoms with Gasteiger partial charge in [-0.25, -0.2) is 4.98 Å². The zero-order valence-corrected chi connectivity index (χ0v) is 17.9. The van der Waals surface area contributed by atoms with Crippen molar-refractivity contribution in [3.05, 3.63) is 81.9 Å². The van der Waals surface area contributed by atoms with Crippen LogP contribution in [0.2, 0.25) is 5.02 Å². The van der Waals surface area contributed by atoms with E-state index in [1.807, 2.05) is 35.0 Å². The molecule has 0 saturated heterocycles. The van der Waals surface area contributed by atoms with Crippen LogP contribution in [0.15, 0.2) is 66.1 Å². The number of carbonyl (C=O) groups excluding carboxylic acids is 1. The number of imidazole rings is 1. The molecule has 0 aliphatic heterocycles. The van der Waals surface area contributed by atoms with Crippen molar-refractivity contribution in [2.75, 3.05) is 5.32 Å². The number of halogens is 1. The van der Waals surface area contributed by atoms with Crippen LogP contribution in [0.1, 0.15) is 18.9 Å². The molecule has 0 aliphatic rings. The van der Waals surface area contributed by atoms with E-state index in [1.54, 1.807) is 36.4 Å². The summed E-state index contributed by atoms with van der Waals surface area (Å²) in [6, 6.07) is 12.7. The van der Waals surface area contributed by atoms with Gasteiger partial charge in [0.25, 0.3) is 5.69 Å². The van der Waals surface area contributed by atoms with Crippen LogP contribution < -0.4 is 5.32 Å². The molecule has 1 N–H and O–H groups in total. The van der Waals surface area contributed by atoms with Gasteiger partial charge < -0.3 is 9.88 Å². The Kier molecular flexibility index (Phi) is 7.48. The minimum atomic E-state index is -0.478. The molecule has 7 nitrogen and oxygen atoms in total. The monoisotopic (exact) mass is 444 g/mol. The highest BCUT2D eigenvalue weighted by Crippen LogP contribution is 2.34. The maximum absolute atomic E-state index is 11.5. The van der Waals surface area contributed by atoms with Gasteiger partial charge in [0.05, 0.1) is 11.3 Å². The molecule has 1 aromatic heterocycles. The fourth-order valence-electron chi connectivity index (χ4n) is 3.02. The second-order valence-electron chi connectivity index (χ2n) is 6.78. The van der Waals surface area contributed by atoms with Crippen LogP contribution in [0.3, 0.4) is 0 Å². The zero-order valence-electron chi connectivity index (χ0n) is 16.3. The second kappa shape index (κ2) is 10.3. The molecule has 1 atom stereocenters. The van der Waals surface area contributed by atoms with Crippen LogP contribution in [-0.2, 0) is 17.8 Å². The van der Waals surface area contributed by atoms with E-state index in [4.69, 9.17) is 11.6 Å². The maximum atomic E-state index is 11.5. The molecule has 156 valence electrons. The first-order chi connectivity index (χ1) is 14.4. The average molecular weight is 445 g/mol. The number of carbonyl (C=O) groups is 1. The number of nitrogens with one attached hydrogen (secondary N) is 1. The number of anilines is 1. The van der Waals surface area contributed by atoms with Crippen molar-refractivity contribution in [1.82, 2.24) is 9.55 Å². The maximum Gasteiger partial charge on any atom is 0.293 e. The van der Waals surface area contributed by atoms with Crippen molar-refractivity contribution in [1.29, 1.82) is 0 Å². The van der Waals surface area contributed by atoms with Crippen LogP contribution in [0, 0.1) is 10.1 Å². The van der Waals surface area contributed by atoms with Crippen molar-refractivity contribution in [2.45, 2.75) is 36.5 Å². The molecule has 3 rings (SSSR count). The Morgan fingerprint density at radius 1 is 1.30 bits per heavy atom. The molecule has 1 amide bonds. The number of aromatic nitrogens is 2. The summed E-state index contributed by atoms with van der Waals surface area (Å²) in [5, 5.41) is 14.8. The summed E-state index contributed by atoms with van der Waals surface area (Å²) >= 11 is 7.54. The van der Waals surface area contributed by atoms with E-state index in [9.17, 15) is 14.9 Å². The molecule has 2 aromatic carbocycles. The Labute approximate surface area is 183 Å². The molecule has 3 aromatic rings. The van der Waals surface area contributed by atoms with E-state index in [2.05, 4.69) is 10.3 Å². The Bertz CT molecular complexity index is 1010. The summed E-state index contributed by atoms with van der Waals surface area (Å²) in [5.41, 5.74) is 1.26. The SMILES string of the molecule is CC(=O)Nc1ccc(SC(CCc2ccc(Cl)cc2)Cn2ccnc2)cc1[N+](=O)[O-]. The van der Waals surface area contributed by atoms with Gasteiger partial charge in [-0.2, -0.15) is 0 Å². The van der Waals surface area contributed by atoms with Crippen LogP contribution in [0.25, 0.3) is 0 Å². The number of aryl methyl sites for hydroxylation is 1. The molecule has 0 bridgehead atoms. The molecule has 0 radical (unpaired) electrons. The number of nitro groups is 1. The van der Waals surface area contributed by atoms with E-state index in [1.165, 1.54) is 18.6 Å². The summed E-state index contributed by atoms with van der Waals surface area (Å²) in [6.45, 7) is 2.05. The van der Waals surface area contributed by atoms with Gasteiger partial charge in [-0.05, 0) is 42.7 Å². The van der Waals surface area contributed by atoms with Gasteiger partial charge >= 0.3 is 0 Å². The van der Waals surface area contributed by atoms with Crippen molar-refractivity contribution in [3.63, 3.8) is 0 Å². The van der Waals surface area contributed by atoms with Gasteiger partial charge in [-0.3, -0.25) is 14.9 Å². The highest BCUT2D eigenvalue weighted by Gasteiger charge is 2.18. The fourth-order valence-corrected chi connectivity index (χ4v) is 4.34. The lowest BCUT2D eigenvalue weighted by Crippen LogP contribution is -2.13. The number of nitrogens with zero attached hydrogens (tertiary/aromatic N) is 3. The predicted molar refractivity (Wildman–Crippen MR) is 119 cm³/mol. The van der Waals surface area contributed by atoms with Gasteiger partial charge in [-0.15, -0.1) is 11.8 Å². The molecule has 0 saturated carbocycles. The Morgan fingerprint density at radius 3 is 2.70 bits per heavy atom. The number of benzene rings is 2.